The minimum Gasteiger partial charge on any atom is -0.482 e. The highest BCUT2D eigenvalue weighted by molar-refractivity contribution is 5.99. The smallest absolute Gasteiger partial charge is 0.412 e. The van der Waals surface area contributed by atoms with E-state index in [4.69, 9.17) is 9.47 Å². The Balaban J connectivity index is 1.82. The fourth-order valence-electron chi connectivity index (χ4n) is 3.23. The zero-order valence-electron chi connectivity index (χ0n) is 14.4. The van der Waals surface area contributed by atoms with Crippen molar-refractivity contribution in [2.45, 2.75) is 58.1 Å². The summed E-state index contributed by atoms with van der Waals surface area (Å²) in [6, 6.07) is 5.55. The number of nitrogens with zero attached hydrogens (tertiary/aromatic N) is 1. The summed E-state index contributed by atoms with van der Waals surface area (Å²) >= 11 is 0. The van der Waals surface area contributed by atoms with Gasteiger partial charge in [0, 0.05) is 11.7 Å². The van der Waals surface area contributed by atoms with Crippen molar-refractivity contribution in [3.05, 3.63) is 18.2 Å². The molecule has 0 bridgehead atoms. The van der Waals surface area contributed by atoms with E-state index in [0.717, 1.165) is 31.4 Å². The number of hydrogen-bond donors (Lipinski definition) is 1. The highest BCUT2D eigenvalue weighted by atomic mass is 16.6. The minimum atomic E-state index is -0.562. The molecule has 0 unspecified atom stereocenters. The van der Waals surface area contributed by atoms with Crippen molar-refractivity contribution in [3.8, 4) is 5.75 Å². The monoisotopic (exact) mass is 332 g/mol. The summed E-state index contributed by atoms with van der Waals surface area (Å²) in [6.07, 6.45) is 3.78. The van der Waals surface area contributed by atoms with Crippen molar-refractivity contribution in [2.75, 3.05) is 16.8 Å². The number of anilines is 2. The van der Waals surface area contributed by atoms with Crippen LogP contribution in [0.1, 0.15) is 46.5 Å². The molecule has 3 rings (SSSR count). The molecule has 2 amide bonds. The Morgan fingerprint density at radius 2 is 2.00 bits per heavy atom. The lowest BCUT2D eigenvalue weighted by molar-refractivity contribution is -0.121. The van der Waals surface area contributed by atoms with Gasteiger partial charge in [0.2, 0.25) is 0 Å². The molecule has 0 aromatic heterocycles. The van der Waals surface area contributed by atoms with Gasteiger partial charge in [0.1, 0.15) is 11.4 Å². The number of carbonyl (C=O) groups is 2. The lowest BCUT2D eigenvalue weighted by Gasteiger charge is -2.34. The van der Waals surface area contributed by atoms with E-state index in [1.807, 2.05) is 25.7 Å². The average Bonchev–Trinajstić information content (AvgIpc) is 2.98. The van der Waals surface area contributed by atoms with Crippen LogP contribution in [0.15, 0.2) is 18.2 Å². The first kappa shape index (κ1) is 16.6. The van der Waals surface area contributed by atoms with Gasteiger partial charge >= 0.3 is 6.09 Å². The van der Waals surface area contributed by atoms with Gasteiger partial charge in [-0.15, -0.1) is 0 Å². The van der Waals surface area contributed by atoms with Crippen LogP contribution in [0.25, 0.3) is 0 Å². The number of nitrogens with one attached hydrogen (secondary N) is 1. The predicted octanol–water partition coefficient (Wildman–Crippen LogP) is 3.70. The Kier molecular flexibility index (Phi) is 4.39. The van der Waals surface area contributed by atoms with E-state index in [0.29, 0.717) is 11.4 Å². The number of carbonyl (C=O) groups excluding carboxylic acids is 2. The van der Waals surface area contributed by atoms with Crippen molar-refractivity contribution >= 4 is 23.4 Å². The van der Waals surface area contributed by atoms with Crippen LogP contribution in [0.5, 0.6) is 5.75 Å². The van der Waals surface area contributed by atoms with E-state index in [-0.39, 0.29) is 18.6 Å². The number of amides is 2. The lowest BCUT2D eigenvalue weighted by atomic mass is 10.1. The van der Waals surface area contributed by atoms with E-state index in [9.17, 15) is 9.59 Å². The van der Waals surface area contributed by atoms with Crippen molar-refractivity contribution in [2.24, 2.45) is 0 Å². The Labute approximate surface area is 142 Å². The molecule has 2 aliphatic rings. The lowest BCUT2D eigenvalue weighted by Crippen LogP contribution is -2.44. The van der Waals surface area contributed by atoms with E-state index >= 15 is 0 Å². The summed E-state index contributed by atoms with van der Waals surface area (Å²) in [7, 11) is 0. The molecular formula is C18H24N2O4. The summed E-state index contributed by atoms with van der Waals surface area (Å²) in [5.41, 5.74) is 0.753. The molecule has 1 saturated carbocycles. The van der Waals surface area contributed by atoms with Crippen LogP contribution in [-0.2, 0) is 9.53 Å². The van der Waals surface area contributed by atoms with Crippen molar-refractivity contribution < 1.29 is 19.1 Å². The topological polar surface area (TPSA) is 67.9 Å². The van der Waals surface area contributed by atoms with E-state index < -0.39 is 11.7 Å². The first-order valence-corrected chi connectivity index (χ1v) is 8.42. The van der Waals surface area contributed by atoms with Crippen LogP contribution in [0.3, 0.4) is 0 Å². The maximum absolute atomic E-state index is 12.4. The maximum atomic E-state index is 12.4. The van der Waals surface area contributed by atoms with Gasteiger partial charge in [0.05, 0.1) is 5.69 Å². The van der Waals surface area contributed by atoms with E-state index in [2.05, 4.69) is 5.32 Å². The molecule has 1 fully saturated rings. The Morgan fingerprint density at radius 3 is 2.67 bits per heavy atom. The van der Waals surface area contributed by atoms with Crippen LogP contribution in [0, 0.1) is 0 Å². The maximum Gasteiger partial charge on any atom is 0.412 e. The highest BCUT2D eigenvalue weighted by Crippen LogP contribution is 2.39. The largest absolute Gasteiger partial charge is 0.482 e. The van der Waals surface area contributed by atoms with Gasteiger partial charge in [0.25, 0.3) is 5.91 Å². The third-order valence-corrected chi connectivity index (χ3v) is 4.17. The molecule has 0 spiro atoms. The summed E-state index contributed by atoms with van der Waals surface area (Å²) in [6.45, 7) is 5.51. The first-order valence-electron chi connectivity index (χ1n) is 8.42. The third kappa shape index (κ3) is 3.63. The second kappa shape index (κ2) is 6.34. The molecule has 0 saturated heterocycles. The SMILES string of the molecule is CC(C)(C)OC(=O)Nc1ccc2c(c1)N(C1CCCC1)C(=O)CO2. The summed E-state index contributed by atoms with van der Waals surface area (Å²) in [4.78, 5) is 26.1. The molecule has 0 atom stereocenters. The van der Waals surface area contributed by atoms with Gasteiger partial charge in [-0.3, -0.25) is 10.1 Å². The standard InChI is InChI=1S/C18H24N2O4/c1-18(2,3)24-17(22)19-12-8-9-15-14(10-12)20(16(21)11-23-15)13-6-4-5-7-13/h8-10,13H,4-7,11H2,1-3H3,(H,19,22). The fraction of sp³-hybridized carbons (Fsp3) is 0.556. The van der Waals surface area contributed by atoms with E-state index in [1.165, 1.54) is 0 Å². The first-order chi connectivity index (χ1) is 11.3. The Hall–Kier alpha value is -2.24. The number of hydrogen-bond acceptors (Lipinski definition) is 4. The average molecular weight is 332 g/mol. The number of fused-ring (bicyclic) bond motifs is 1. The van der Waals surface area contributed by atoms with Crippen LogP contribution in [-0.4, -0.2) is 30.3 Å². The molecule has 1 N–H and O–H groups in total. The zero-order valence-corrected chi connectivity index (χ0v) is 14.4. The van der Waals surface area contributed by atoms with Gasteiger partial charge < -0.3 is 14.4 Å². The van der Waals surface area contributed by atoms with Crippen LogP contribution < -0.4 is 15.0 Å². The summed E-state index contributed by atoms with van der Waals surface area (Å²) in [5, 5.41) is 2.72. The van der Waals surface area contributed by atoms with Crippen LogP contribution in [0.4, 0.5) is 16.2 Å². The number of ether oxygens (including phenoxy) is 2. The predicted molar refractivity (Wildman–Crippen MR) is 91.5 cm³/mol. The van der Waals surface area contributed by atoms with Crippen molar-refractivity contribution in [1.29, 1.82) is 0 Å². The molecule has 1 aromatic carbocycles. The van der Waals surface area contributed by atoms with Gasteiger partial charge in [-0.1, -0.05) is 12.8 Å². The zero-order chi connectivity index (χ0) is 17.3. The molecule has 6 heteroatoms. The molecule has 24 heavy (non-hydrogen) atoms. The Bertz CT molecular complexity index is 645. The van der Waals surface area contributed by atoms with Gasteiger partial charge in [-0.2, -0.15) is 0 Å². The van der Waals surface area contributed by atoms with Crippen LogP contribution >= 0.6 is 0 Å². The quantitative estimate of drug-likeness (QED) is 0.896. The molecule has 1 heterocycles. The molecule has 1 aliphatic carbocycles. The van der Waals surface area contributed by atoms with Crippen molar-refractivity contribution in [3.63, 3.8) is 0 Å². The minimum absolute atomic E-state index is 0.0242. The summed E-state index contributed by atoms with van der Waals surface area (Å²) < 4.78 is 10.8. The van der Waals surface area contributed by atoms with Crippen molar-refractivity contribution in [1.82, 2.24) is 0 Å². The molecule has 1 aromatic rings. The molecule has 0 radical (unpaired) electrons. The second-order valence-electron chi connectivity index (χ2n) is 7.30. The van der Waals surface area contributed by atoms with Gasteiger partial charge in [-0.25, -0.2) is 4.79 Å². The second-order valence-corrected chi connectivity index (χ2v) is 7.30. The number of benzene rings is 1. The normalized spacial score (nSPS) is 18.1. The molecular weight excluding hydrogens is 308 g/mol. The molecule has 1 aliphatic heterocycles. The van der Waals surface area contributed by atoms with Gasteiger partial charge in [0.15, 0.2) is 6.61 Å². The molecule has 130 valence electrons. The van der Waals surface area contributed by atoms with E-state index in [1.54, 1.807) is 18.2 Å². The van der Waals surface area contributed by atoms with Gasteiger partial charge in [-0.05, 0) is 51.8 Å². The highest BCUT2D eigenvalue weighted by Gasteiger charge is 2.33. The Morgan fingerprint density at radius 1 is 1.29 bits per heavy atom. The molecule has 6 nitrogen and oxygen atoms in total. The third-order valence-electron chi connectivity index (χ3n) is 4.17. The van der Waals surface area contributed by atoms with Crippen LogP contribution in [0.2, 0.25) is 0 Å². The fourth-order valence-corrected chi connectivity index (χ4v) is 3.23. The number of rotatable bonds is 2. The summed E-state index contributed by atoms with van der Waals surface area (Å²) in [5.74, 6) is 0.653.